The van der Waals surface area contributed by atoms with Crippen LogP contribution in [0.4, 0.5) is 0 Å². The van der Waals surface area contributed by atoms with Crippen LogP contribution in [0.5, 0.6) is 0 Å². The van der Waals surface area contributed by atoms with Crippen LogP contribution >= 0.6 is 0 Å². The molecule has 1 heterocycles. The molecular formula is C15H21N. The zero-order chi connectivity index (χ0) is 11.8. The maximum Gasteiger partial charge on any atom is 0.0643 e. The van der Waals surface area contributed by atoms with E-state index in [-0.39, 0.29) is 0 Å². The van der Waals surface area contributed by atoms with Gasteiger partial charge in [0.25, 0.3) is 0 Å². The Morgan fingerprint density at radius 1 is 1.25 bits per heavy atom. The summed E-state index contributed by atoms with van der Waals surface area (Å²) in [7, 11) is 0. The van der Waals surface area contributed by atoms with Crippen molar-refractivity contribution >= 4 is 5.71 Å². The third-order valence-electron chi connectivity index (χ3n) is 2.48. The van der Waals surface area contributed by atoms with Gasteiger partial charge in [0.05, 0.1) is 5.71 Å². The Bertz CT molecular complexity index is 375. The van der Waals surface area contributed by atoms with Gasteiger partial charge in [-0.2, -0.15) is 0 Å². The van der Waals surface area contributed by atoms with Crippen molar-refractivity contribution in [3.05, 3.63) is 47.5 Å². The highest BCUT2D eigenvalue weighted by molar-refractivity contribution is 6.09. The Labute approximate surface area is 98.9 Å². The summed E-state index contributed by atoms with van der Waals surface area (Å²) in [5.74, 6) is 0. The number of aliphatic imine (C=N–C) groups is 1. The number of benzene rings is 1. The highest BCUT2D eigenvalue weighted by Gasteiger charge is 2.02. The maximum absolute atomic E-state index is 4.50. The highest BCUT2D eigenvalue weighted by atomic mass is 14.7. The van der Waals surface area contributed by atoms with Gasteiger partial charge in [-0.3, -0.25) is 4.99 Å². The molecule has 1 heteroatoms. The van der Waals surface area contributed by atoms with Gasteiger partial charge in [0.15, 0.2) is 0 Å². The predicted molar refractivity (Wildman–Crippen MR) is 72.3 cm³/mol. The second kappa shape index (κ2) is 7.00. The lowest BCUT2D eigenvalue weighted by molar-refractivity contribution is 0.993. The molecule has 1 aliphatic heterocycles. The summed E-state index contributed by atoms with van der Waals surface area (Å²) in [6, 6.07) is 8.64. The number of dihydropyridines is 1. The Hall–Kier alpha value is -1.37. The average molecular weight is 215 g/mol. The van der Waals surface area contributed by atoms with Gasteiger partial charge in [-0.05, 0) is 36.1 Å². The van der Waals surface area contributed by atoms with E-state index in [1.54, 1.807) is 0 Å². The van der Waals surface area contributed by atoms with Gasteiger partial charge in [-0.1, -0.05) is 45.0 Å². The molecule has 1 aromatic carbocycles. The minimum atomic E-state index is 0.933. The van der Waals surface area contributed by atoms with Crippen LogP contribution < -0.4 is 0 Å². The first-order valence-electron chi connectivity index (χ1n) is 6.20. The van der Waals surface area contributed by atoms with Gasteiger partial charge in [-0.15, -0.1) is 0 Å². The highest BCUT2D eigenvalue weighted by Crippen LogP contribution is 2.10. The van der Waals surface area contributed by atoms with Crippen molar-refractivity contribution in [2.45, 2.75) is 33.6 Å². The molecule has 0 aliphatic carbocycles. The Morgan fingerprint density at radius 2 is 2.06 bits per heavy atom. The number of hydrogen-bond donors (Lipinski definition) is 0. The molecular weight excluding hydrogens is 194 g/mol. The molecule has 0 bridgehead atoms. The van der Waals surface area contributed by atoms with Crippen molar-refractivity contribution in [2.24, 2.45) is 4.99 Å². The second-order valence-corrected chi connectivity index (χ2v) is 3.51. The summed E-state index contributed by atoms with van der Waals surface area (Å²) in [5.41, 5.74) is 3.76. The molecule has 0 atom stereocenters. The van der Waals surface area contributed by atoms with Gasteiger partial charge in [0, 0.05) is 6.54 Å². The van der Waals surface area contributed by atoms with Crippen molar-refractivity contribution < 1.29 is 0 Å². The van der Waals surface area contributed by atoms with Gasteiger partial charge in [0.1, 0.15) is 0 Å². The number of allylic oxidation sites excluding steroid dienone is 1. The smallest absolute Gasteiger partial charge is 0.0643 e. The zero-order valence-electron chi connectivity index (χ0n) is 10.5. The summed E-state index contributed by atoms with van der Waals surface area (Å²) < 4.78 is 0. The molecule has 0 amide bonds. The molecule has 0 N–H and O–H groups in total. The van der Waals surface area contributed by atoms with E-state index in [1.807, 2.05) is 13.8 Å². The maximum atomic E-state index is 4.50. The van der Waals surface area contributed by atoms with Crippen LogP contribution in [0.2, 0.25) is 0 Å². The van der Waals surface area contributed by atoms with Crippen LogP contribution in [0.1, 0.15) is 38.3 Å². The van der Waals surface area contributed by atoms with Crippen LogP contribution in [-0.2, 0) is 6.42 Å². The van der Waals surface area contributed by atoms with Gasteiger partial charge in [-0.25, -0.2) is 0 Å². The molecule has 0 unspecified atom stereocenters. The van der Waals surface area contributed by atoms with E-state index in [0.29, 0.717) is 0 Å². The third kappa shape index (κ3) is 3.34. The molecule has 1 aromatic rings. The Balaban J connectivity index is 0.000000606. The van der Waals surface area contributed by atoms with E-state index in [1.165, 1.54) is 11.1 Å². The number of hydrogen-bond acceptors (Lipinski definition) is 1. The summed E-state index contributed by atoms with van der Waals surface area (Å²) in [4.78, 5) is 4.50. The van der Waals surface area contributed by atoms with Crippen LogP contribution in [0.3, 0.4) is 0 Å². The Morgan fingerprint density at radius 3 is 2.69 bits per heavy atom. The quantitative estimate of drug-likeness (QED) is 0.706. The Kier molecular flexibility index (Phi) is 5.55. The van der Waals surface area contributed by atoms with Crippen LogP contribution in [0, 0.1) is 0 Å². The molecule has 2 rings (SSSR count). The van der Waals surface area contributed by atoms with Crippen LogP contribution in [0.25, 0.3) is 0 Å². The standard InChI is InChI=1S/C13H15N.C2H6/c1-2-11-6-5-7-12(10-11)13-8-3-4-9-14-13;1-2/h3,5-8,10H,2,4,9H2,1H3;1-2H3. The van der Waals surface area contributed by atoms with E-state index in [9.17, 15) is 0 Å². The lowest BCUT2D eigenvalue weighted by atomic mass is 10.0. The molecule has 86 valence electrons. The van der Waals surface area contributed by atoms with Gasteiger partial charge >= 0.3 is 0 Å². The molecule has 1 aliphatic rings. The first-order chi connectivity index (χ1) is 7.90. The topological polar surface area (TPSA) is 12.4 Å². The lowest BCUT2D eigenvalue weighted by Crippen LogP contribution is -2.02. The molecule has 0 saturated heterocycles. The molecule has 0 radical (unpaired) electrons. The summed E-state index contributed by atoms with van der Waals surface area (Å²) in [6.07, 6.45) is 6.49. The normalized spacial score (nSPS) is 13.8. The van der Waals surface area contributed by atoms with Crippen molar-refractivity contribution in [1.29, 1.82) is 0 Å². The van der Waals surface area contributed by atoms with Gasteiger partial charge < -0.3 is 0 Å². The molecule has 0 aromatic heterocycles. The summed E-state index contributed by atoms with van der Waals surface area (Å²) in [5, 5.41) is 0. The first-order valence-corrected chi connectivity index (χ1v) is 6.20. The van der Waals surface area contributed by atoms with E-state index >= 15 is 0 Å². The van der Waals surface area contributed by atoms with Crippen molar-refractivity contribution in [3.63, 3.8) is 0 Å². The summed E-state index contributed by atoms with van der Waals surface area (Å²) in [6.45, 7) is 7.11. The predicted octanol–water partition coefficient (Wildman–Crippen LogP) is 4.02. The minimum absolute atomic E-state index is 0.933. The van der Waals surface area contributed by atoms with E-state index in [2.05, 4.69) is 48.3 Å². The molecule has 16 heavy (non-hydrogen) atoms. The lowest BCUT2D eigenvalue weighted by Gasteiger charge is -2.07. The van der Waals surface area contributed by atoms with Gasteiger partial charge in [0.2, 0.25) is 0 Å². The zero-order valence-corrected chi connectivity index (χ0v) is 10.5. The van der Waals surface area contributed by atoms with E-state index in [0.717, 1.165) is 25.1 Å². The summed E-state index contributed by atoms with van der Waals surface area (Å²) >= 11 is 0. The first kappa shape index (κ1) is 12.7. The van der Waals surface area contributed by atoms with Crippen molar-refractivity contribution in [1.82, 2.24) is 0 Å². The second-order valence-electron chi connectivity index (χ2n) is 3.51. The molecule has 0 fully saturated rings. The fourth-order valence-electron chi connectivity index (χ4n) is 1.65. The largest absolute Gasteiger partial charge is 0.284 e. The van der Waals surface area contributed by atoms with Crippen LogP contribution in [0.15, 0.2) is 41.4 Å². The monoisotopic (exact) mass is 215 g/mol. The SMILES string of the molecule is CC.CCc1cccc(C2=NCCC=C2)c1. The number of nitrogens with zero attached hydrogens (tertiary/aromatic N) is 1. The molecule has 1 nitrogen and oxygen atoms in total. The average Bonchev–Trinajstić information content (AvgIpc) is 2.42. The van der Waals surface area contributed by atoms with Crippen molar-refractivity contribution in [3.8, 4) is 0 Å². The molecule has 0 spiro atoms. The van der Waals surface area contributed by atoms with E-state index in [4.69, 9.17) is 0 Å². The number of aryl methyl sites for hydroxylation is 1. The fraction of sp³-hybridized carbons (Fsp3) is 0.400. The van der Waals surface area contributed by atoms with Crippen molar-refractivity contribution in [2.75, 3.05) is 6.54 Å². The third-order valence-corrected chi connectivity index (χ3v) is 2.48. The van der Waals surface area contributed by atoms with Crippen LogP contribution in [-0.4, -0.2) is 12.3 Å². The van der Waals surface area contributed by atoms with E-state index < -0.39 is 0 Å². The minimum Gasteiger partial charge on any atom is -0.284 e. The molecule has 0 saturated carbocycles. The number of rotatable bonds is 2. The fourth-order valence-corrected chi connectivity index (χ4v) is 1.65.